The largest absolute Gasteiger partial charge is 0.365 e. The van der Waals surface area contributed by atoms with Crippen LogP contribution in [-0.2, 0) is 13.0 Å². The van der Waals surface area contributed by atoms with Crippen LogP contribution in [0.5, 0.6) is 0 Å². The second kappa shape index (κ2) is 5.02. The average molecular weight is 285 g/mol. The van der Waals surface area contributed by atoms with E-state index in [4.69, 9.17) is 0 Å². The number of fused-ring (bicyclic) bond motifs is 1. The van der Waals surface area contributed by atoms with Crippen LogP contribution in [0.4, 0.5) is 5.82 Å². The van der Waals surface area contributed by atoms with E-state index < -0.39 is 0 Å². The molecule has 2 aromatic heterocycles. The third-order valence-electron chi connectivity index (χ3n) is 4.40. The fraction of sp³-hybridized carbons (Fsp3) is 0.533. The molecule has 21 heavy (non-hydrogen) atoms. The molecule has 0 amide bonds. The lowest BCUT2D eigenvalue weighted by molar-refractivity contribution is 0.380. The highest BCUT2D eigenvalue weighted by molar-refractivity contribution is 5.31. The predicted molar refractivity (Wildman–Crippen MR) is 79.3 cm³/mol. The van der Waals surface area contributed by atoms with E-state index in [1.807, 2.05) is 17.0 Å². The van der Waals surface area contributed by atoms with Crippen LogP contribution < -0.4 is 10.9 Å². The van der Waals surface area contributed by atoms with Gasteiger partial charge in [-0.2, -0.15) is 0 Å². The minimum Gasteiger partial charge on any atom is -0.365 e. The molecule has 4 rings (SSSR count). The Balaban J connectivity index is 1.43. The highest BCUT2D eigenvalue weighted by atomic mass is 16.1. The number of hydrogen-bond donors (Lipinski definition) is 1. The zero-order valence-corrected chi connectivity index (χ0v) is 11.9. The van der Waals surface area contributed by atoms with Gasteiger partial charge in [-0.3, -0.25) is 4.79 Å². The van der Waals surface area contributed by atoms with Crippen molar-refractivity contribution in [1.29, 1.82) is 0 Å². The van der Waals surface area contributed by atoms with Gasteiger partial charge in [-0.25, -0.2) is 9.97 Å². The van der Waals surface area contributed by atoms with Crippen molar-refractivity contribution in [2.24, 2.45) is 5.92 Å². The molecule has 0 aromatic carbocycles. The van der Waals surface area contributed by atoms with Crippen LogP contribution in [0.2, 0.25) is 0 Å². The first-order valence-electron chi connectivity index (χ1n) is 7.62. The van der Waals surface area contributed by atoms with E-state index in [9.17, 15) is 4.79 Å². The lowest BCUT2D eigenvalue weighted by atomic mass is 9.99. The summed E-state index contributed by atoms with van der Waals surface area (Å²) in [4.78, 5) is 20.8. The van der Waals surface area contributed by atoms with E-state index in [0.717, 1.165) is 38.8 Å². The summed E-state index contributed by atoms with van der Waals surface area (Å²) in [5, 5.41) is 3.25. The number of rotatable bonds is 4. The van der Waals surface area contributed by atoms with Gasteiger partial charge in [0.2, 0.25) is 0 Å². The zero-order chi connectivity index (χ0) is 14.2. The molecule has 1 aliphatic heterocycles. The molecule has 2 aliphatic rings. The summed E-state index contributed by atoms with van der Waals surface area (Å²) in [5.74, 6) is 2.17. The number of aromatic nitrogens is 4. The van der Waals surface area contributed by atoms with Crippen LogP contribution in [0.1, 0.15) is 31.1 Å². The van der Waals surface area contributed by atoms with Crippen molar-refractivity contribution in [2.45, 2.75) is 38.3 Å². The van der Waals surface area contributed by atoms with Crippen molar-refractivity contribution in [3.8, 4) is 0 Å². The predicted octanol–water partition coefficient (Wildman–Crippen LogP) is 1.45. The van der Waals surface area contributed by atoms with Gasteiger partial charge in [0.05, 0.1) is 0 Å². The first-order valence-corrected chi connectivity index (χ1v) is 7.62. The van der Waals surface area contributed by atoms with Crippen LogP contribution in [-0.4, -0.2) is 25.6 Å². The summed E-state index contributed by atoms with van der Waals surface area (Å²) in [6, 6.07) is 0.393. The topological polar surface area (TPSA) is 64.7 Å². The molecular weight excluding hydrogens is 266 g/mol. The monoisotopic (exact) mass is 285 g/mol. The van der Waals surface area contributed by atoms with Gasteiger partial charge >= 0.3 is 0 Å². The second-order valence-electron chi connectivity index (χ2n) is 6.00. The SMILES string of the molecule is O=c1c(NC[C@H]2CCc3nccn3C2)nccn1C1CC1. The normalized spacial score (nSPS) is 21.0. The third kappa shape index (κ3) is 2.46. The molecule has 0 radical (unpaired) electrons. The number of hydrogen-bond acceptors (Lipinski definition) is 4. The Morgan fingerprint density at radius 3 is 2.90 bits per heavy atom. The maximum atomic E-state index is 12.3. The average Bonchev–Trinajstić information content (AvgIpc) is 3.23. The van der Waals surface area contributed by atoms with Gasteiger partial charge in [0.1, 0.15) is 5.82 Å². The summed E-state index contributed by atoms with van der Waals surface area (Å²) in [5.41, 5.74) is 0.0131. The van der Waals surface area contributed by atoms with Gasteiger partial charge in [-0.15, -0.1) is 0 Å². The zero-order valence-electron chi connectivity index (χ0n) is 11.9. The first kappa shape index (κ1) is 12.6. The summed E-state index contributed by atoms with van der Waals surface area (Å²) in [6.07, 6.45) is 11.7. The van der Waals surface area contributed by atoms with E-state index in [1.165, 1.54) is 5.82 Å². The Labute approximate surface area is 122 Å². The van der Waals surface area contributed by atoms with Gasteiger partial charge in [0.15, 0.2) is 5.82 Å². The molecule has 0 spiro atoms. The van der Waals surface area contributed by atoms with Gasteiger partial charge in [-0.1, -0.05) is 0 Å². The molecule has 0 saturated heterocycles. The second-order valence-corrected chi connectivity index (χ2v) is 6.00. The van der Waals surface area contributed by atoms with Gasteiger partial charge in [0, 0.05) is 50.3 Å². The van der Waals surface area contributed by atoms with E-state index in [2.05, 4.69) is 19.9 Å². The first-order chi connectivity index (χ1) is 10.3. The molecule has 1 N–H and O–H groups in total. The minimum atomic E-state index is 0.0131. The van der Waals surface area contributed by atoms with Gasteiger partial charge in [0.25, 0.3) is 5.56 Å². The fourth-order valence-corrected chi connectivity index (χ4v) is 3.03. The third-order valence-corrected chi connectivity index (χ3v) is 4.40. The number of aryl methyl sites for hydroxylation is 1. The van der Waals surface area contributed by atoms with Crippen LogP contribution in [0.3, 0.4) is 0 Å². The Hall–Kier alpha value is -2.11. The Morgan fingerprint density at radius 2 is 2.05 bits per heavy atom. The van der Waals surface area contributed by atoms with Crippen molar-refractivity contribution in [2.75, 3.05) is 11.9 Å². The van der Waals surface area contributed by atoms with E-state index >= 15 is 0 Å². The van der Waals surface area contributed by atoms with Gasteiger partial charge in [-0.05, 0) is 25.2 Å². The molecule has 6 nitrogen and oxygen atoms in total. The molecule has 1 aliphatic carbocycles. The highest BCUT2D eigenvalue weighted by Gasteiger charge is 2.25. The van der Waals surface area contributed by atoms with Crippen molar-refractivity contribution in [1.82, 2.24) is 19.1 Å². The molecule has 0 unspecified atom stereocenters. The van der Waals surface area contributed by atoms with Crippen LogP contribution in [0.25, 0.3) is 0 Å². The van der Waals surface area contributed by atoms with E-state index in [-0.39, 0.29) is 5.56 Å². The van der Waals surface area contributed by atoms with Crippen molar-refractivity contribution >= 4 is 5.82 Å². The molecule has 1 saturated carbocycles. The molecule has 3 heterocycles. The van der Waals surface area contributed by atoms with Crippen molar-refractivity contribution in [3.63, 3.8) is 0 Å². The maximum absolute atomic E-state index is 12.3. The van der Waals surface area contributed by atoms with Crippen molar-refractivity contribution in [3.05, 3.63) is 41.0 Å². The summed E-state index contributed by atoms with van der Waals surface area (Å²) >= 11 is 0. The molecule has 2 aromatic rings. The number of imidazole rings is 1. The number of anilines is 1. The lowest BCUT2D eigenvalue weighted by Crippen LogP contribution is -2.29. The smallest absolute Gasteiger partial charge is 0.293 e. The standard InChI is InChI=1S/C15H19N5O/c21-15-14(17-6-8-20(15)12-2-3-12)18-9-11-1-4-13-16-5-7-19(13)10-11/h5-8,11-12H,1-4,9-10H2,(H,17,18)/t11-/m1/s1. The summed E-state index contributed by atoms with van der Waals surface area (Å²) < 4.78 is 4.01. The van der Waals surface area contributed by atoms with E-state index in [1.54, 1.807) is 12.4 Å². The molecule has 0 bridgehead atoms. The summed E-state index contributed by atoms with van der Waals surface area (Å²) in [7, 11) is 0. The number of nitrogens with zero attached hydrogens (tertiary/aromatic N) is 4. The van der Waals surface area contributed by atoms with Crippen LogP contribution >= 0.6 is 0 Å². The molecule has 6 heteroatoms. The quantitative estimate of drug-likeness (QED) is 0.923. The summed E-state index contributed by atoms with van der Waals surface area (Å²) in [6.45, 7) is 1.75. The lowest BCUT2D eigenvalue weighted by Gasteiger charge is -2.24. The maximum Gasteiger partial charge on any atom is 0.293 e. The van der Waals surface area contributed by atoms with E-state index in [0.29, 0.717) is 17.8 Å². The molecule has 110 valence electrons. The molecule has 1 fully saturated rings. The highest BCUT2D eigenvalue weighted by Crippen LogP contribution is 2.33. The fourth-order valence-electron chi connectivity index (χ4n) is 3.03. The van der Waals surface area contributed by atoms with Gasteiger partial charge < -0.3 is 14.5 Å². The Bertz CT molecular complexity index is 700. The molecular formula is C15H19N5O. The Morgan fingerprint density at radius 1 is 1.19 bits per heavy atom. The van der Waals surface area contributed by atoms with Crippen molar-refractivity contribution < 1.29 is 0 Å². The minimum absolute atomic E-state index is 0.0131. The molecule has 1 atom stereocenters. The van der Waals surface area contributed by atoms with Crippen LogP contribution in [0.15, 0.2) is 29.6 Å². The Kier molecular flexibility index (Phi) is 3.02. The number of nitrogens with one attached hydrogen (secondary N) is 1. The van der Waals surface area contributed by atoms with Crippen LogP contribution in [0, 0.1) is 5.92 Å².